The van der Waals surface area contributed by atoms with Crippen molar-refractivity contribution in [3.63, 3.8) is 0 Å². The van der Waals surface area contributed by atoms with Crippen LogP contribution in [0, 0.1) is 17.0 Å². The maximum atomic E-state index is 11.8. The molecule has 0 spiro atoms. The number of amides is 1. The summed E-state index contributed by atoms with van der Waals surface area (Å²) in [5, 5.41) is 16.5. The van der Waals surface area contributed by atoms with Crippen molar-refractivity contribution in [2.24, 2.45) is 0 Å². The summed E-state index contributed by atoms with van der Waals surface area (Å²) in [6, 6.07) is 14.0. The molecule has 0 bridgehead atoms. The second-order valence-electron chi connectivity index (χ2n) is 5.07. The highest BCUT2D eigenvalue weighted by Gasteiger charge is 2.13. The van der Waals surface area contributed by atoms with Gasteiger partial charge >= 0.3 is 0 Å². The van der Waals surface area contributed by atoms with Gasteiger partial charge in [-0.15, -0.1) is 0 Å². The molecule has 0 aromatic heterocycles. The van der Waals surface area contributed by atoms with Crippen LogP contribution in [0.1, 0.15) is 5.56 Å². The molecule has 7 nitrogen and oxygen atoms in total. The Labute approximate surface area is 139 Å². The van der Waals surface area contributed by atoms with Crippen LogP contribution < -0.4 is 15.4 Å². The first-order valence-corrected chi connectivity index (χ1v) is 7.50. The van der Waals surface area contributed by atoms with Crippen molar-refractivity contribution in [1.29, 1.82) is 0 Å². The molecule has 0 radical (unpaired) electrons. The molecule has 24 heavy (non-hydrogen) atoms. The van der Waals surface area contributed by atoms with Gasteiger partial charge in [-0.25, -0.2) is 0 Å². The van der Waals surface area contributed by atoms with E-state index in [1.807, 2.05) is 30.3 Å². The molecule has 0 aliphatic carbocycles. The molecule has 2 N–H and O–H groups in total. The van der Waals surface area contributed by atoms with Crippen molar-refractivity contribution in [2.45, 2.75) is 6.92 Å². The van der Waals surface area contributed by atoms with E-state index in [9.17, 15) is 14.9 Å². The molecule has 0 saturated heterocycles. The summed E-state index contributed by atoms with van der Waals surface area (Å²) >= 11 is 0. The third-order valence-electron chi connectivity index (χ3n) is 3.38. The molecule has 0 aliphatic heterocycles. The molecule has 1 amide bonds. The fourth-order valence-corrected chi connectivity index (χ4v) is 2.13. The number of rotatable bonds is 8. The van der Waals surface area contributed by atoms with Crippen LogP contribution >= 0.6 is 0 Å². The van der Waals surface area contributed by atoms with Crippen LogP contribution in [0.2, 0.25) is 0 Å². The van der Waals surface area contributed by atoms with E-state index in [1.54, 1.807) is 19.1 Å². The first kappa shape index (κ1) is 17.3. The van der Waals surface area contributed by atoms with Crippen LogP contribution in [0.25, 0.3) is 0 Å². The van der Waals surface area contributed by atoms with Gasteiger partial charge in [-0.3, -0.25) is 14.9 Å². The van der Waals surface area contributed by atoms with Crippen LogP contribution in [-0.2, 0) is 4.79 Å². The molecule has 2 aromatic carbocycles. The lowest BCUT2D eigenvalue weighted by Crippen LogP contribution is -2.33. The van der Waals surface area contributed by atoms with Crippen molar-refractivity contribution in [2.75, 3.05) is 25.0 Å². The monoisotopic (exact) mass is 329 g/mol. The predicted octanol–water partition coefficient (Wildman–Crippen LogP) is 2.51. The van der Waals surface area contributed by atoms with Gasteiger partial charge in [0, 0.05) is 17.3 Å². The highest BCUT2D eigenvalue weighted by atomic mass is 16.6. The molecule has 0 aliphatic rings. The number of hydrogen-bond acceptors (Lipinski definition) is 5. The summed E-state index contributed by atoms with van der Waals surface area (Å²) < 4.78 is 5.47. The van der Waals surface area contributed by atoms with Crippen molar-refractivity contribution < 1.29 is 14.5 Å². The third-order valence-corrected chi connectivity index (χ3v) is 3.38. The second kappa shape index (κ2) is 8.52. The van der Waals surface area contributed by atoms with Crippen LogP contribution in [0.15, 0.2) is 48.5 Å². The minimum atomic E-state index is -0.443. The van der Waals surface area contributed by atoms with Crippen molar-refractivity contribution in [3.05, 3.63) is 64.2 Å². The molecular formula is C17H19N3O4. The first-order chi connectivity index (χ1) is 11.6. The molecule has 0 fully saturated rings. The molecule has 0 atom stereocenters. The molecular weight excluding hydrogens is 310 g/mol. The van der Waals surface area contributed by atoms with E-state index in [1.165, 1.54) is 6.07 Å². The number of nitrogens with one attached hydrogen (secondary N) is 2. The van der Waals surface area contributed by atoms with Crippen molar-refractivity contribution in [3.8, 4) is 5.75 Å². The summed E-state index contributed by atoms with van der Waals surface area (Å²) in [5.41, 5.74) is 1.10. The predicted molar refractivity (Wildman–Crippen MR) is 91.3 cm³/mol. The largest absolute Gasteiger partial charge is 0.492 e. The molecule has 2 rings (SSSR count). The Balaban J connectivity index is 1.73. The SMILES string of the molecule is Cc1c(NCC(=O)NCCOc2ccccc2)cccc1[N+](=O)[O-]. The van der Waals surface area contributed by atoms with Gasteiger partial charge in [0.1, 0.15) is 12.4 Å². The Bertz CT molecular complexity index is 704. The fraction of sp³-hybridized carbons (Fsp3) is 0.235. The quantitative estimate of drug-likeness (QED) is 0.441. The Kier molecular flexibility index (Phi) is 6.13. The zero-order valence-corrected chi connectivity index (χ0v) is 13.3. The average molecular weight is 329 g/mol. The molecule has 7 heteroatoms. The second-order valence-corrected chi connectivity index (χ2v) is 5.07. The molecule has 0 heterocycles. The van der Waals surface area contributed by atoms with E-state index in [2.05, 4.69) is 10.6 Å². The topological polar surface area (TPSA) is 93.5 Å². The fourth-order valence-electron chi connectivity index (χ4n) is 2.13. The number of nitro benzene ring substituents is 1. The lowest BCUT2D eigenvalue weighted by atomic mass is 10.1. The van der Waals surface area contributed by atoms with Crippen LogP contribution in [0.4, 0.5) is 11.4 Å². The van der Waals surface area contributed by atoms with E-state index >= 15 is 0 Å². The zero-order valence-electron chi connectivity index (χ0n) is 13.3. The summed E-state index contributed by atoms with van der Waals surface area (Å²) in [5.74, 6) is 0.537. The van der Waals surface area contributed by atoms with Crippen LogP contribution in [0.3, 0.4) is 0 Å². The number of anilines is 1. The maximum absolute atomic E-state index is 11.8. The van der Waals surface area contributed by atoms with Crippen molar-refractivity contribution >= 4 is 17.3 Å². The maximum Gasteiger partial charge on any atom is 0.274 e. The first-order valence-electron chi connectivity index (χ1n) is 7.50. The smallest absolute Gasteiger partial charge is 0.274 e. The number of ether oxygens (including phenoxy) is 1. The number of nitro groups is 1. The van der Waals surface area contributed by atoms with E-state index in [-0.39, 0.29) is 18.1 Å². The molecule has 0 saturated carbocycles. The molecule has 126 valence electrons. The number of carbonyl (C=O) groups excluding carboxylic acids is 1. The van der Waals surface area contributed by atoms with Gasteiger partial charge < -0.3 is 15.4 Å². The number of benzene rings is 2. The molecule has 0 unspecified atom stereocenters. The van der Waals surface area contributed by atoms with Gasteiger partial charge in [0.15, 0.2) is 0 Å². The summed E-state index contributed by atoms with van der Waals surface area (Å²) in [7, 11) is 0. The van der Waals surface area contributed by atoms with E-state index < -0.39 is 4.92 Å². The standard InChI is InChI=1S/C17H19N3O4/c1-13-15(8-5-9-16(13)20(22)23)19-12-17(21)18-10-11-24-14-6-3-2-4-7-14/h2-9,19H,10-12H2,1H3,(H,18,21). The summed E-state index contributed by atoms with van der Waals surface area (Å²) in [6.45, 7) is 2.42. The van der Waals surface area contributed by atoms with E-state index in [0.717, 1.165) is 5.75 Å². The lowest BCUT2D eigenvalue weighted by Gasteiger charge is -2.10. The van der Waals surface area contributed by atoms with E-state index in [4.69, 9.17) is 4.74 Å². The number of para-hydroxylation sites is 1. The third kappa shape index (κ3) is 4.98. The van der Waals surface area contributed by atoms with Gasteiger partial charge in [0.25, 0.3) is 5.69 Å². The number of carbonyl (C=O) groups is 1. The Morgan fingerprint density at radius 1 is 1.17 bits per heavy atom. The van der Waals surface area contributed by atoms with Crippen molar-refractivity contribution in [1.82, 2.24) is 5.32 Å². The summed E-state index contributed by atoms with van der Waals surface area (Å²) in [4.78, 5) is 22.2. The van der Waals surface area contributed by atoms with Gasteiger partial charge in [0.05, 0.1) is 18.0 Å². The number of nitrogens with zero attached hydrogens (tertiary/aromatic N) is 1. The van der Waals surface area contributed by atoms with Gasteiger partial charge in [-0.2, -0.15) is 0 Å². The van der Waals surface area contributed by atoms with E-state index in [0.29, 0.717) is 24.4 Å². The van der Waals surface area contributed by atoms with Crippen LogP contribution in [-0.4, -0.2) is 30.5 Å². The lowest BCUT2D eigenvalue weighted by molar-refractivity contribution is -0.385. The Morgan fingerprint density at radius 2 is 1.92 bits per heavy atom. The highest BCUT2D eigenvalue weighted by Crippen LogP contribution is 2.24. The Morgan fingerprint density at radius 3 is 2.62 bits per heavy atom. The normalized spacial score (nSPS) is 10.0. The molecule has 2 aromatic rings. The summed E-state index contributed by atoms with van der Waals surface area (Å²) in [6.07, 6.45) is 0. The Hall–Kier alpha value is -3.09. The average Bonchev–Trinajstić information content (AvgIpc) is 2.58. The van der Waals surface area contributed by atoms with Gasteiger partial charge in [0.2, 0.25) is 5.91 Å². The minimum Gasteiger partial charge on any atom is -0.492 e. The van der Waals surface area contributed by atoms with Gasteiger partial charge in [-0.1, -0.05) is 24.3 Å². The number of hydrogen-bond donors (Lipinski definition) is 2. The zero-order chi connectivity index (χ0) is 17.4. The minimum absolute atomic E-state index is 0.0247. The van der Waals surface area contributed by atoms with Gasteiger partial charge in [-0.05, 0) is 25.1 Å². The highest BCUT2D eigenvalue weighted by molar-refractivity contribution is 5.81. The van der Waals surface area contributed by atoms with Crippen LogP contribution in [0.5, 0.6) is 5.75 Å².